The zero-order valence-electron chi connectivity index (χ0n) is 13.1. The quantitative estimate of drug-likeness (QED) is 0.813. The Morgan fingerprint density at radius 2 is 1.95 bits per heavy atom. The zero-order valence-corrected chi connectivity index (χ0v) is 13.9. The second kappa shape index (κ2) is 6.07. The molecule has 2 N–H and O–H groups in total. The molecule has 1 aromatic carbocycles. The molecule has 0 heterocycles. The third kappa shape index (κ3) is 3.65. The summed E-state index contributed by atoms with van der Waals surface area (Å²) in [7, 11) is -3.52. The van der Waals surface area contributed by atoms with E-state index in [0.717, 1.165) is 36.8 Å². The Kier molecular flexibility index (Phi) is 4.76. The number of hydrogen-bond donors (Lipinski definition) is 2. The van der Waals surface area contributed by atoms with Crippen LogP contribution in [0.5, 0.6) is 0 Å². The van der Waals surface area contributed by atoms with Crippen LogP contribution in [0.2, 0.25) is 0 Å². The predicted octanol–water partition coefficient (Wildman–Crippen LogP) is 2.65. The summed E-state index contributed by atoms with van der Waals surface area (Å²) in [6, 6.07) is 3.40. The third-order valence-corrected chi connectivity index (χ3v) is 6.05. The van der Waals surface area contributed by atoms with Crippen molar-refractivity contribution in [2.75, 3.05) is 6.54 Å². The monoisotopic (exact) mass is 311 g/mol. The summed E-state index contributed by atoms with van der Waals surface area (Å²) < 4.78 is 27.9. The van der Waals surface area contributed by atoms with Crippen molar-refractivity contribution in [3.63, 3.8) is 0 Å². The molecule has 1 aromatic rings. The van der Waals surface area contributed by atoms with E-state index in [9.17, 15) is 13.5 Å². The van der Waals surface area contributed by atoms with E-state index in [2.05, 4.69) is 11.6 Å². The second-order valence-electron chi connectivity index (χ2n) is 6.27. The largest absolute Gasteiger partial charge is 0.392 e. The first-order valence-electron chi connectivity index (χ1n) is 7.54. The number of aryl methyl sites for hydroxylation is 1. The van der Waals surface area contributed by atoms with Crippen LogP contribution in [0.1, 0.15) is 49.3 Å². The highest BCUT2D eigenvalue weighted by Gasteiger charge is 2.42. The summed E-state index contributed by atoms with van der Waals surface area (Å²) >= 11 is 0. The molecule has 0 aromatic heterocycles. The number of benzene rings is 1. The Bertz CT molecular complexity index is 619. The Morgan fingerprint density at radius 3 is 2.48 bits per heavy atom. The number of sulfonamides is 1. The molecule has 4 nitrogen and oxygen atoms in total. The molecular formula is C16H25NO3S. The lowest BCUT2D eigenvalue weighted by molar-refractivity contribution is 0.281. The number of hydrogen-bond acceptors (Lipinski definition) is 3. The summed E-state index contributed by atoms with van der Waals surface area (Å²) in [6.45, 7) is 6.18. The fourth-order valence-electron chi connectivity index (χ4n) is 2.82. The topological polar surface area (TPSA) is 66.4 Å². The maximum absolute atomic E-state index is 12.6. The number of aliphatic hydroxyl groups excluding tert-OH is 1. The molecule has 1 aliphatic rings. The fraction of sp³-hybridized carbons (Fsp3) is 0.625. The summed E-state index contributed by atoms with van der Waals surface area (Å²) in [6.07, 6.45) is 4.38. The third-order valence-electron chi connectivity index (χ3n) is 4.53. The van der Waals surface area contributed by atoms with Gasteiger partial charge in [-0.1, -0.05) is 19.4 Å². The van der Waals surface area contributed by atoms with Crippen molar-refractivity contribution in [3.8, 4) is 0 Å². The molecule has 1 fully saturated rings. The van der Waals surface area contributed by atoms with Gasteiger partial charge >= 0.3 is 0 Å². The molecule has 2 rings (SSSR count). The molecule has 0 atom stereocenters. The van der Waals surface area contributed by atoms with Crippen molar-refractivity contribution in [2.45, 2.75) is 58.0 Å². The summed E-state index contributed by atoms with van der Waals surface area (Å²) in [4.78, 5) is 0.291. The molecule has 0 radical (unpaired) electrons. The highest BCUT2D eigenvalue weighted by Crippen LogP contribution is 2.49. The average Bonchev–Trinajstić information content (AvgIpc) is 3.20. The first-order valence-corrected chi connectivity index (χ1v) is 9.02. The highest BCUT2D eigenvalue weighted by atomic mass is 32.2. The minimum absolute atomic E-state index is 0.149. The number of rotatable bonds is 7. The number of aliphatic hydroxyl groups is 1. The van der Waals surface area contributed by atoms with Gasteiger partial charge in [0.05, 0.1) is 11.5 Å². The number of nitrogens with one attached hydrogen (secondary N) is 1. The Labute approximate surface area is 127 Å². The van der Waals surface area contributed by atoms with E-state index in [1.807, 2.05) is 19.9 Å². The van der Waals surface area contributed by atoms with Gasteiger partial charge in [-0.15, -0.1) is 0 Å². The van der Waals surface area contributed by atoms with Crippen molar-refractivity contribution in [1.29, 1.82) is 0 Å². The van der Waals surface area contributed by atoms with Crippen LogP contribution in [-0.4, -0.2) is 20.1 Å². The van der Waals surface area contributed by atoms with E-state index < -0.39 is 10.0 Å². The van der Waals surface area contributed by atoms with E-state index in [1.54, 1.807) is 6.07 Å². The van der Waals surface area contributed by atoms with E-state index in [0.29, 0.717) is 17.0 Å². The van der Waals surface area contributed by atoms with Crippen LogP contribution in [0.15, 0.2) is 17.0 Å². The van der Waals surface area contributed by atoms with E-state index >= 15 is 0 Å². The van der Waals surface area contributed by atoms with Gasteiger partial charge in [0.15, 0.2) is 0 Å². The van der Waals surface area contributed by atoms with Crippen LogP contribution in [-0.2, 0) is 16.6 Å². The van der Waals surface area contributed by atoms with Gasteiger partial charge in [0, 0.05) is 6.54 Å². The molecule has 0 unspecified atom stereocenters. The summed E-state index contributed by atoms with van der Waals surface area (Å²) in [5, 5.41) is 9.27. The van der Waals surface area contributed by atoms with Crippen LogP contribution in [0, 0.1) is 19.3 Å². The van der Waals surface area contributed by atoms with Crippen LogP contribution in [0.3, 0.4) is 0 Å². The molecule has 1 saturated carbocycles. The Balaban J connectivity index is 2.22. The van der Waals surface area contributed by atoms with Crippen molar-refractivity contribution in [1.82, 2.24) is 4.72 Å². The van der Waals surface area contributed by atoms with Crippen LogP contribution >= 0.6 is 0 Å². The van der Waals surface area contributed by atoms with Crippen molar-refractivity contribution in [3.05, 3.63) is 28.8 Å². The van der Waals surface area contributed by atoms with Gasteiger partial charge in [-0.05, 0) is 61.3 Å². The fourth-order valence-corrected chi connectivity index (χ4v) is 4.34. The van der Waals surface area contributed by atoms with Crippen LogP contribution in [0.4, 0.5) is 0 Å². The minimum Gasteiger partial charge on any atom is -0.392 e. The summed E-state index contributed by atoms with van der Waals surface area (Å²) in [5.41, 5.74) is 2.45. The first-order chi connectivity index (χ1) is 9.83. The van der Waals surface area contributed by atoms with Crippen molar-refractivity contribution in [2.24, 2.45) is 5.41 Å². The van der Waals surface area contributed by atoms with Gasteiger partial charge in [-0.2, -0.15) is 0 Å². The van der Waals surface area contributed by atoms with Crippen LogP contribution in [0.25, 0.3) is 0 Å². The highest BCUT2D eigenvalue weighted by molar-refractivity contribution is 7.89. The molecule has 5 heteroatoms. The lowest BCUT2D eigenvalue weighted by Crippen LogP contribution is -2.31. The van der Waals surface area contributed by atoms with Crippen LogP contribution < -0.4 is 4.72 Å². The predicted molar refractivity (Wildman–Crippen MR) is 83.6 cm³/mol. The molecule has 1 aliphatic carbocycles. The normalized spacial score (nSPS) is 17.0. The van der Waals surface area contributed by atoms with Gasteiger partial charge in [0.25, 0.3) is 0 Å². The molecular weight excluding hydrogens is 286 g/mol. The standard InChI is InChI=1S/C16H25NO3S/c1-4-5-16(6-7-16)11-17-21(19,20)15-9-14(10-18)8-12(2)13(15)3/h8-9,17-18H,4-7,10-11H2,1-3H3. The SMILES string of the molecule is CCCC1(CNS(=O)(=O)c2cc(CO)cc(C)c2C)CC1. The van der Waals surface area contributed by atoms with Gasteiger partial charge in [-0.25, -0.2) is 13.1 Å². The molecule has 0 bridgehead atoms. The van der Waals surface area contributed by atoms with E-state index in [1.165, 1.54) is 0 Å². The van der Waals surface area contributed by atoms with E-state index in [-0.39, 0.29) is 12.0 Å². The first kappa shape index (κ1) is 16.5. The molecule has 0 amide bonds. The molecule has 0 saturated heterocycles. The smallest absolute Gasteiger partial charge is 0.240 e. The average molecular weight is 311 g/mol. The zero-order chi connectivity index (χ0) is 15.7. The molecule has 21 heavy (non-hydrogen) atoms. The van der Waals surface area contributed by atoms with E-state index in [4.69, 9.17) is 0 Å². The minimum atomic E-state index is -3.52. The molecule has 118 valence electrons. The maximum atomic E-state index is 12.6. The second-order valence-corrected chi connectivity index (χ2v) is 8.00. The maximum Gasteiger partial charge on any atom is 0.240 e. The lowest BCUT2D eigenvalue weighted by atomic mass is 10.0. The molecule has 0 spiro atoms. The van der Waals surface area contributed by atoms with Gasteiger partial charge in [-0.3, -0.25) is 0 Å². The van der Waals surface area contributed by atoms with Gasteiger partial charge in [0.2, 0.25) is 10.0 Å². The van der Waals surface area contributed by atoms with Crippen molar-refractivity contribution >= 4 is 10.0 Å². The lowest BCUT2D eigenvalue weighted by Gasteiger charge is -2.17. The van der Waals surface area contributed by atoms with Gasteiger partial charge in [0.1, 0.15) is 0 Å². The Morgan fingerprint density at radius 1 is 1.29 bits per heavy atom. The molecule has 0 aliphatic heterocycles. The summed E-state index contributed by atoms with van der Waals surface area (Å²) in [5.74, 6) is 0. The Hall–Kier alpha value is -0.910. The van der Waals surface area contributed by atoms with Crippen molar-refractivity contribution < 1.29 is 13.5 Å². The van der Waals surface area contributed by atoms with Gasteiger partial charge < -0.3 is 5.11 Å².